The number of hydrogen-bond donors (Lipinski definition) is 1. The fourth-order valence-electron chi connectivity index (χ4n) is 3.69. The van der Waals surface area contributed by atoms with E-state index in [1.165, 1.54) is 12.8 Å². The predicted octanol–water partition coefficient (Wildman–Crippen LogP) is 6.88. The number of aromatic nitrogens is 3. The van der Waals surface area contributed by atoms with Gasteiger partial charge in [0.2, 0.25) is 10.3 Å². The van der Waals surface area contributed by atoms with Gasteiger partial charge in [-0.3, -0.25) is 4.57 Å². The van der Waals surface area contributed by atoms with Crippen molar-refractivity contribution in [2.24, 2.45) is 5.92 Å². The Hall–Kier alpha value is -4.80. The summed E-state index contributed by atoms with van der Waals surface area (Å²) >= 11 is 1.64. The SMILES string of the molecule is C=C.C=C=C=C=C=C=C=C=C.COc1ccc(NCc2cccn2-c2nnc(N3CCC(C)CC3)s2)c(OC)c1. The molecule has 1 saturated heterocycles. The maximum atomic E-state index is 5.48. The van der Waals surface area contributed by atoms with Crippen LogP contribution in [0.3, 0.4) is 0 Å². The van der Waals surface area contributed by atoms with E-state index in [1.807, 2.05) is 30.5 Å². The second-order valence-electron chi connectivity index (χ2n) is 8.30. The molecule has 1 aliphatic rings. The minimum atomic E-state index is 0.645. The number of piperidine rings is 1. The molecule has 206 valence electrons. The van der Waals surface area contributed by atoms with Crippen LogP contribution in [0.5, 0.6) is 11.5 Å². The number of ether oxygens (including phenoxy) is 2. The zero-order valence-corrected chi connectivity index (χ0v) is 24.2. The highest BCUT2D eigenvalue weighted by Crippen LogP contribution is 2.31. The summed E-state index contributed by atoms with van der Waals surface area (Å²) in [6, 6.07) is 9.88. The third-order valence-corrected chi connectivity index (χ3v) is 6.78. The Balaban J connectivity index is 0.000000436. The summed E-state index contributed by atoms with van der Waals surface area (Å²) in [7, 11) is 3.31. The zero-order valence-electron chi connectivity index (χ0n) is 23.4. The van der Waals surface area contributed by atoms with Crippen molar-refractivity contribution < 1.29 is 9.47 Å². The summed E-state index contributed by atoms with van der Waals surface area (Å²) < 4.78 is 12.8. The molecule has 4 rings (SSSR count). The molecule has 3 aromatic rings. The van der Waals surface area contributed by atoms with Gasteiger partial charge >= 0.3 is 0 Å². The summed E-state index contributed by atoms with van der Waals surface area (Å²) in [5, 5.41) is 14.2. The van der Waals surface area contributed by atoms with Crippen LogP contribution in [0.1, 0.15) is 25.5 Å². The van der Waals surface area contributed by atoms with E-state index in [0.717, 1.165) is 52.2 Å². The minimum absolute atomic E-state index is 0.645. The van der Waals surface area contributed by atoms with Gasteiger partial charge in [0.1, 0.15) is 11.5 Å². The van der Waals surface area contributed by atoms with Crippen LogP contribution in [0.4, 0.5) is 10.8 Å². The molecule has 1 aromatic carbocycles. The first kappa shape index (κ1) is 31.4. The molecule has 2 aromatic heterocycles. The van der Waals surface area contributed by atoms with Crippen LogP contribution < -0.4 is 19.7 Å². The van der Waals surface area contributed by atoms with Crippen LogP contribution in [-0.4, -0.2) is 42.1 Å². The van der Waals surface area contributed by atoms with Gasteiger partial charge in [0.15, 0.2) is 0 Å². The highest BCUT2D eigenvalue weighted by atomic mass is 32.1. The molecule has 0 amide bonds. The molecular weight excluding hydrogens is 518 g/mol. The van der Waals surface area contributed by atoms with Gasteiger partial charge < -0.3 is 19.7 Å². The van der Waals surface area contributed by atoms with Crippen molar-refractivity contribution in [3.8, 4) is 16.6 Å². The Morgan fingerprint density at radius 2 is 1.60 bits per heavy atom. The molecule has 1 aliphatic heterocycles. The van der Waals surface area contributed by atoms with E-state index >= 15 is 0 Å². The lowest BCUT2D eigenvalue weighted by atomic mass is 10.00. The summed E-state index contributed by atoms with van der Waals surface area (Å²) in [6.07, 6.45) is 4.47. The first-order chi connectivity index (χ1) is 19.6. The Morgan fingerprint density at radius 3 is 2.23 bits per heavy atom. The molecule has 0 saturated carbocycles. The number of hydrogen-bond acceptors (Lipinski definition) is 7. The second-order valence-corrected chi connectivity index (χ2v) is 9.24. The van der Waals surface area contributed by atoms with Crippen LogP contribution >= 0.6 is 11.3 Å². The van der Waals surface area contributed by atoms with Crippen LogP contribution in [-0.2, 0) is 6.54 Å². The molecule has 0 aliphatic carbocycles. The topological polar surface area (TPSA) is 64.4 Å². The van der Waals surface area contributed by atoms with E-state index < -0.39 is 0 Å². The molecular formula is C32H35N5O2S. The quantitative estimate of drug-likeness (QED) is 0.254. The smallest absolute Gasteiger partial charge is 0.218 e. The molecule has 0 bridgehead atoms. The van der Waals surface area contributed by atoms with Gasteiger partial charge in [0, 0.05) is 31.0 Å². The predicted molar refractivity (Wildman–Crippen MR) is 164 cm³/mol. The van der Waals surface area contributed by atoms with Gasteiger partial charge in [-0.15, -0.1) is 23.4 Å². The normalized spacial score (nSPS) is 11.6. The van der Waals surface area contributed by atoms with Gasteiger partial charge in [-0.05, 0) is 84.8 Å². The summed E-state index contributed by atoms with van der Waals surface area (Å²) in [6.45, 7) is 17.6. The van der Waals surface area contributed by atoms with Crippen molar-refractivity contribution in [1.29, 1.82) is 0 Å². The molecule has 40 heavy (non-hydrogen) atoms. The number of benzene rings is 1. The van der Waals surface area contributed by atoms with E-state index in [9.17, 15) is 0 Å². The van der Waals surface area contributed by atoms with E-state index in [0.29, 0.717) is 6.54 Å². The third kappa shape index (κ3) is 9.50. The number of rotatable bonds is 7. The Morgan fingerprint density at radius 1 is 0.950 bits per heavy atom. The maximum absolute atomic E-state index is 5.48. The molecule has 0 atom stereocenters. The Kier molecular flexibility index (Phi) is 13.9. The average molecular weight is 554 g/mol. The molecule has 1 fully saturated rings. The fraction of sp³-hybridized carbons (Fsp3) is 0.281. The van der Waals surface area contributed by atoms with Crippen molar-refractivity contribution in [3.63, 3.8) is 0 Å². The van der Waals surface area contributed by atoms with Gasteiger partial charge in [0.25, 0.3) is 0 Å². The van der Waals surface area contributed by atoms with Crippen LogP contribution in [0.25, 0.3) is 5.13 Å². The highest BCUT2D eigenvalue weighted by Gasteiger charge is 2.20. The third-order valence-electron chi connectivity index (χ3n) is 5.79. The van der Waals surface area contributed by atoms with Crippen molar-refractivity contribution in [2.75, 3.05) is 37.5 Å². The molecule has 0 unspecified atom stereocenters. The molecule has 7 nitrogen and oxygen atoms in total. The first-order valence-corrected chi connectivity index (χ1v) is 13.4. The van der Waals surface area contributed by atoms with E-state index in [4.69, 9.17) is 9.47 Å². The summed E-state index contributed by atoms with van der Waals surface area (Å²) in [4.78, 5) is 2.35. The average Bonchev–Trinajstić information content (AvgIpc) is 3.68. The largest absolute Gasteiger partial charge is 0.497 e. The maximum Gasteiger partial charge on any atom is 0.218 e. The molecule has 8 heteroatoms. The number of nitrogens with zero attached hydrogens (tertiary/aromatic N) is 4. The fourth-order valence-corrected chi connectivity index (χ4v) is 4.61. The van der Waals surface area contributed by atoms with Crippen molar-refractivity contribution in [2.45, 2.75) is 26.3 Å². The lowest BCUT2D eigenvalue weighted by molar-refractivity contribution is 0.395. The standard InChI is InChI=1S/C21H27N5O2S.C9H4.C2H4/c1-15-8-11-25(12-9-15)20-23-24-21(29-20)26-10-4-5-16(26)14-22-18-7-6-17(27-2)13-19(18)28-3;1-3-5-7-9-8-6-4-2;1-2/h4-7,10,13,15,22H,8-9,11-12,14H2,1-3H3;1-2H2;1-2H2. The van der Waals surface area contributed by atoms with E-state index in [-0.39, 0.29) is 0 Å². The lowest BCUT2D eigenvalue weighted by Gasteiger charge is -2.29. The van der Waals surface area contributed by atoms with Crippen molar-refractivity contribution in [1.82, 2.24) is 14.8 Å². The lowest BCUT2D eigenvalue weighted by Crippen LogP contribution is -2.32. The second kappa shape index (κ2) is 17.7. The molecule has 0 radical (unpaired) electrons. The van der Waals surface area contributed by atoms with Crippen molar-refractivity contribution >= 4 is 22.2 Å². The van der Waals surface area contributed by atoms with Crippen LogP contribution in [0.15, 0.2) is 103 Å². The highest BCUT2D eigenvalue weighted by molar-refractivity contribution is 7.17. The Labute approximate surface area is 241 Å². The van der Waals surface area contributed by atoms with Gasteiger partial charge in [0.05, 0.1) is 26.5 Å². The van der Waals surface area contributed by atoms with Gasteiger partial charge in [-0.2, -0.15) is 0 Å². The summed E-state index contributed by atoms with van der Waals surface area (Å²) in [5.41, 5.74) is 19.0. The van der Waals surface area contributed by atoms with Crippen LogP contribution in [0.2, 0.25) is 0 Å². The summed E-state index contributed by atoms with van der Waals surface area (Å²) in [5.74, 6) is 2.32. The van der Waals surface area contributed by atoms with Crippen molar-refractivity contribution in [3.05, 3.63) is 109 Å². The monoisotopic (exact) mass is 553 g/mol. The molecule has 0 spiro atoms. The van der Waals surface area contributed by atoms with Gasteiger partial charge in [-0.25, -0.2) is 0 Å². The number of methoxy groups -OCH3 is 2. The molecule has 1 N–H and O–H groups in total. The first-order valence-electron chi connectivity index (χ1n) is 12.6. The number of nitrogens with one attached hydrogen (secondary N) is 1. The molecule has 3 heterocycles. The number of anilines is 2. The van der Waals surface area contributed by atoms with Crippen LogP contribution in [0, 0.1) is 5.92 Å². The zero-order chi connectivity index (χ0) is 29.2. The minimum Gasteiger partial charge on any atom is -0.497 e. The van der Waals surface area contributed by atoms with E-state index in [1.54, 1.807) is 25.6 Å². The Bertz CT molecular complexity index is 1460. The van der Waals surface area contributed by atoms with Gasteiger partial charge in [-0.1, -0.05) is 29.7 Å². The van der Waals surface area contributed by atoms with E-state index in [2.05, 4.69) is 104 Å².